The van der Waals surface area contributed by atoms with Gasteiger partial charge in [0.25, 0.3) is 0 Å². The normalized spacial score (nSPS) is 10.6. The summed E-state index contributed by atoms with van der Waals surface area (Å²) in [6.07, 6.45) is 0. The number of anilines is 3. The van der Waals surface area contributed by atoms with Crippen LogP contribution < -0.4 is 16.1 Å². The maximum Gasteiger partial charge on any atom is 0.326 e. The molecule has 0 saturated carbocycles. The number of benzene rings is 2. The minimum Gasteiger partial charge on any atom is -0.308 e. The molecule has 0 saturated heterocycles. The molecule has 0 bridgehead atoms. The van der Waals surface area contributed by atoms with E-state index in [4.69, 9.17) is 16.8 Å². The number of rotatable bonds is 3. The Balaban J connectivity index is 1.77. The van der Waals surface area contributed by atoms with Crippen molar-refractivity contribution in [1.29, 1.82) is 0 Å². The van der Waals surface area contributed by atoms with Gasteiger partial charge in [-0.15, -0.1) is 0 Å². The third kappa shape index (κ3) is 3.96. The van der Waals surface area contributed by atoms with E-state index in [1.165, 1.54) is 0 Å². The zero-order valence-corrected chi connectivity index (χ0v) is 14.3. The predicted molar refractivity (Wildman–Crippen MR) is 98.5 cm³/mol. The number of halogens is 1. The van der Waals surface area contributed by atoms with Gasteiger partial charge < -0.3 is 5.32 Å². The van der Waals surface area contributed by atoms with Crippen LogP contribution in [0.25, 0.3) is 10.8 Å². The number of aryl methyl sites for hydroxylation is 2. The number of carbonyl (C=O) groups excluding carboxylic acids is 1. The highest BCUT2D eigenvalue weighted by molar-refractivity contribution is 6.32. The fourth-order valence-corrected chi connectivity index (χ4v) is 2.58. The average molecular weight is 358 g/mol. The van der Waals surface area contributed by atoms with Crippen LogP contribution in [0.2, 0.25) is 5.02 Å². The van der Waals surface area contributed by atoms with E-state index in [1.54, 1.807) is 19.1 Å². The summed E-state index contributed by atoms with van der Waals surface area (Å²) < 4.78 is 0. The average Bonchev–Trinajstić information content (AvgIpc) is 2.55. The third-order valence-corrected chi connectivity index (χ3v) is 3.98. The third-order valence-electron chi connectivity index (χ3n) is 3.57. The molecular formula is C17H16ClN5O2. The molecule has 0 radical (unpaired) electrons. The first-order chi connectivity index (χ1) is 11.9. The molecule has 2 amide bonds. The molecule has 1 aromatic heterocycles. The van der Waals surface area contributed by atoms with Crippen molar-refractivity contribution in [2.45, 2.75) is 13.8 Å². The molecule has 0 aliphatic rings. The van der Waals surface area contributed by atoms with E-state index >= 15 is 0 Å². The van der Waals surface area contributed by atoms with E-state index in [9.17, 15) is 4.79 Å². The molecule has 1 heterocycles. The van der Waals surface area contributed by atoms with E-state index in [2.05, 4.69) is 20.6 Å². The summed E-state index contributed by atoms with van der Waals surface area (Å²) in [6.45, 7) is 3.65. The van der Waals surface area contributed by atoms with Gasteiger partial charge in [-0.25, -0.2) is 9.78 Å². The number of nitrogens with one attached hydrogen (secondary N) is 3. The molecule has 8 heteroatoms. The highest BCUT2D eigenvalue weighted by Crippen LogP contribution is 2.26. The lowest BCUT2D eigenvalue weighted by Crippen LogP contribution is -2.21. The number of amides is 2. The molecule has 0 atom stereocenters. The Morgan fingerprint density at radius 1 is 1.04 bits per heavy atom. The Hall–Kier alpha value is -2.90. The molecular weight excluding hydrogens is 342 g/mol. The summed E-state index contributed by atoms with van der Waals surface area (Å²) >= 11 is 6.12. The largest absolute Gasteiger partial charge is 0.326 e. The summed E-state index contributed by atoms with van der Waals surface area (Å²) in [5.74, 6) is 0.276. The minimum absolute atomic E-state index is 0.0810. The van der Waals surface area contributed by atoms with Gasteiger partial charge in [0, 0.05) is 22.5 Å². The number of aromatic nitrogens is 2. The van der Waals surface area contributed by atoms with Crippen molar-refractivity contribution < 1.29 is 10.0 Å². The van der Waals surface area contributed by atoms with Gasteiger partial charge in [-0.3, -0.25) is 16.0 Å². The van der Waals surface area contributed by atoms with Crippen LogP contribution in [0.4, 0.5) is 22.2 Å². The van der Waals surface area contributed by atoms with Gasteiger partial charge in [-0.1, -0.05) is 17.7 Å². The highest BCUT2D eigenvalue weighted by atomic mass is 35.5. The second-order valence-corrected chi connectivity index (χ2v) is 5.98. The second-order valence-electron chi connectivity index (χ2n) is 5.57. The summed E-state index contributed by atoms with van der Waals surface area (Å²) in [4.78, 5) is 20.2. The predicted octanol–water partition coefficient (Wildman–Crippen LogP) is 4.35. The van der Waals surface area contributed by atoms with Gasteiger partial charge in [-0.2, -0.15) is 4.98 Å². The van der Waals surface area contributed by atoms with Gasteiger partial charge in [0.2, 0.25) is 5.95 Å². The smallest absolute Gasteiger partial charge is 0.308 e. The molecule has 0 fully saturated rings. The van der Waals surface area contributed by atoms with Crippen LogP contribution in [0, 0.1) is 13.8 Å². The van der Waals surface area contributed by atoms with E-state index in [-0.39, 0.29) is 11.8 Å². The van der Waals surface area contributed by atoms with Crippen molar-refractivity contribution >= 4 is 45.9 Å². The van der Waals surface area contributed by atoms with Crippen LogP contribution >= 0.6 is 11.6 Å². The number of nitrogens with zero attached hydrogens (tertiary/aromatic N) is 2. The SMILES string of the molecule is Cc1cc(NO)nc(NC(=O)Nc2ccc3cc(Cl)c(C)cc3c2)n1. The van der Waals surface area contributed by atoms with Gasteiger partial charge in [0.1, 0.15) is 0 Å². The number of carbonyl (C=O) groups is 1. The summed E-state index contributed by atoms with van der Waals surface area (Å²) in [5, 5.41) is 16.8. The highest BCUT2D eigenvalue weighted by Gasteiger charge is 2.08. The minimum atomic E-state index is -0.487. The zero-order valence-electron chi connectivity index (χ0n) is 13.6. The topological polar surface area (TPSA) is 99.2 Å². The number of hydrogen-bond donors (Lipinski definition) is 4. The van der Waals surface area contributed by atoms with E-state index < -0.39 is 6.03 Å². The molecule has 0 aliphatic heterocycles. The first-order valence-corrected chi connectivity index (χ1v) is 7.86. The molecule has 0 aliphatic carbocycles. The van der Waals surface area contributed by atoms with Crippen molar-refractivity contribution in [2.75, 3.05) is 16.1 Å². The molecule has 3 rings (SSSR count). The number of hydrogen-bond acceptors (Lipinski definition) is 5. The Kier molecular flexibility index (Phi) is 4.69. The monoisotopic (exact) mass is 357 g/mol. The lowest BCUT2D eigenvalue weighted by atomic mass is 10.1. The fraction of sp³-hybridized carbons (Fsp3) is 0.118. The second kappa shape index (κ2) is 6.92. The van der Waals surface area contributed by atoms with Crippen molar-refractivity contribution in [3.05, 3.63) is 52.7 Å². The fourth-order valence-electron chi connectivity index (χ4n) is 2.41. The van der Waals surface area contributed by atoms with E-state index in [0.29, 0.717) is 16.4 Å². The summed E-state index contributed by atoms with van der Waals surface area (Å²) in [7, 11) is 0. The van der Waals surface area contributed by atoms with Crippen molar-refractivity contribution in [3.8, 4) is 0 Å². The van der Waals surface area contributed by atoms with Gasteiger partial charge in [0.15, 0.2) is 5.82 Å². The molecule has 7 nitrogen and oxygen atoms in total. The lowest BCUT2D eigenvalue weighted by Gasteiger charge is -2.09. The van der Waals surface area contributed by atoms with Gasteiger partial charge in [-0.05, 0) is 54.4 Å². The Morgan fingerprint density at radius 2 is 1.84 bits per heavy atom. The molecule has 2 aromatic carbocycles. The number of fused-ring (bicyclic) bond motifs is 1. The first kappa shape index (κ1) is 16.9. The maximum absolute atomic E-state index is 12.1. The number of urea groups is 1. The standard InChI is InChI=1S/C17H16ClN5O2/c1-9-5-12-7-13(4-3-11(12)8-14(9)18)20-17(24)22-16-19-10(2)6-15(21-16)23-25/h3-8,25H,1-2H3,(H3,19,20,21,22,23,24). The Labute approximate surface area is 149 Å². The molecule has 128 valence electrons. The van der Waals surface area contributed by atoms with E-state index in [0.717, 1.165) is 16.3 Å². The summed E-state index contributed by atoms with van der Waals surface area (Å²) in [6, 6.07) is 10.4. The van der Waals surface area contributed by atoms with Crippen LogP contribution in [0.5, 0.6) is 0 Å². The zero-order chi connectivity index (χ0) is 18.0. The molecule has 25 heavy (non-hydrogen) atoms. The summed E-state index contributed by atoms with van der Waals surface area (Å²) in [5.41, 5.74) is 4.12. The van der Waals surface area contributed by atoms with Crippen LogP contribution in [-0.2, 0) is 0 Å². The van der Waals surface area contributed by atoms with Gasteiger partial charge >= 0.3 is 6.03 Å². The van der Waals surface area contributed by atoms with Crippen molar-refractivity contribution in [3.63, 3.8) is 0 Å². The molecule has 0 unspecified atom stereocenters. The molecule has 3 aromatic rings. The van der Waals surface area contributed by atoms with E-state index in [1.807, 2.05) is 36.7 Å². The van der Waals surface area contributed by atoms with Crippen LogP contribution in [0.1, 0.15) is 11.3 Å². The lowest BCUT2D eigenvalue weighted by molar-refractivity contribution is 0.262. The Bertz CT molecular complexity index is 961. The quantitative estimate of drug-likeness (QED) is 0.522. The molecule has 0 spiro atoms. The van der Waals surface area contributed by atoms with Crippen LogP contribution in [-0.4, -0.2) is 21.2 Å². The van der Waals surface area contributed by atoms with Crippen LogP contribution in [0.15, 0.2) is 36.4 Å². The van der Waals surface area contributed by atoms with Gasteiger partial charge in [0.05, 0.1) is 0 Å². The maximum atomic E-state index is 12.1. The van der Waals surface area contributed by atoms with Crippen molar-refractivity contribution in [2.24, 2.45) is 0 Å². The van der Waals surface area contributed by atoms with Crippen molar-refractivity contribution in [1.82, 2.24) is 9.97 Å². The molecule has 4 N–H and O–H groups in total. The first-order valence-electron chi connectivity index (χ1n) is 7.48. The Morgan fingerprint density at radius 3 is 2.60 bits per heavy atom. The van der Waals surface area contributed by atoms with Crippen LogP contribution in [0.3, 0.4) is 0 Å².